The Morgan fingerprint density at radius 1 is 0.676 bits per heavy atom. The second kappa shape index (κ2) is 10.8. The lowest BCUT2D eigenvalue weighted by Gasteiger charge is -2.37. The fraction of sp³-hybridized carbons (Fsp3) is 0.172. The number of hydrogen-bond acceptors (Lipinski definition) is 4. The minimum atomic E-state index is -3.78. The van der Waals surface area contributed by atoms with Crippen molar-refractivity contribution >= 4 is 10.1 Å². The third kappa shape index (κ3) is 5.28. The van der Waals surface area contributed by atoms with Crippen molar-refractivity contribution in [2.24, 2.45) is 0 Å². The Labute approximate surface area is 202 Å². The predicted octanol–water partition coefficient (Wildman–Crippen LogP) is 5.67. The van der Waals surface area contributed by atoms with Gasteiger partial charge in [0.1, 0.15) is 0 Å². The van der Waals surface area contributed by atoms with E-state index in [2.05, 4.69) is 41.7 Å². The van der Waals surface area contributed by atoms with Gasteiger partial charge in [0.15, 0.2) is 0 Å². The summed E-state index contributed by atoms with van der Waals surface area (Å²) in [7, 11) is -3.78. The number of rotatable bonds is 10. The molecule has 0 aliphatic carbocycles. The van der Waals surface area contributed by atoms with Gasteiger partial charge in [0, 0.05) is 0 Å². The van der Waals surface area contributed by atoms with Crippen LogP contribution < -0.4 is 5.32 Å². The van der Waals surface area contributed by atoms with Gasteiger partial charge in [-0.05, 0) is 48.7 Å². The molecule has 0 heterocycles. The van der Waals surface area contributed by atoms with Crippen LogP contribution in [0.15, 0.2) is 120 Å². The summed E-state index contributed by atoms with van der Waals surface area (Å²) in [6, 6.07) is 37.6. The first-order chi connectivity index (χ1) is 16.5. The van der Waals surface area contributed by atoms with Gasteiger partial charge in [0.2, 0.25) is 0 Å². The highest BCUT2D eigenvalue weighted by Crippen LogP contribution is 2.36. The van der Waals surface area contributed by atoms with Crippen LogP contribution in [-0.2, 0) is 19.8 Å². The van der Waals surface area contributed by atoms with Crippen molar-refractivity contribution in [3.05, 3.63) is 138 Å². The monoisotopic (exact) mass is 471 g/mol. The lowest BCUT2D eigenvalue weighted by molar-refractivity contribution is 0.303. The molecule has 0 fully saturated rings. The van der Waals surface area contributed by atoms with Crippen LogP contribution in [-0.4, -0.2) is 21.6 Å². The molecule has 4 rings (SSSR count). The molecule has 0 radical (unpaired) electrons. The first-order valence-electron chi connectivity index (χ1n) is 11.4. The Morgan fingerprint density at radius 3 is 1.56 bits per heavy atom. The van der Waals surface area contributed by atoms with Gasteiger partial charge in [-0.2, -0.15) is 8.42 Å². The maximum Gasteiger partial charge on any atom is 0.296 e. The molecule has 4 aromatic carbocycles. The van der Waals surface area contributed by atoms with Crippen molar-refractivity contribution in [1.82, 2.24) is 5.32 Å². The van der Waals surface area contributed by atoms with E-state index in [4.69, 9.17) is 4.18 Å². The van der Waals surface area contributed by atoms with Gasteiger partial charge < -0.3 is 0 Å². The van der Waals surface area contributed by atoms with Gasteiger partial charge in [0.25, 0.3) is 10.1 Å². The molecular weight excluding hydrogens is 442 g/mol. The van der Waals surface area contributed by atoms with Crippen LogP contribution in [0.25, 0.3) is 0 Å². The molecule has 4 aromatic rings. The maximum absolute atomic E-state index is 12.5. The Balaban J connectivity index is 1.56. The lowest BCUT2D eigenvalue weighted by Crippen LogP contribution is -2.45. The normalized spacial score (nSPS) is 11.9. The van der Waals surface area contributed by atoms with Crippen LogP contribution in [0.5, 0.6) is 0 Å². The van der Waals surface area contributed by atoms with E-state index in [1.54, 1.807) is 24.3 Å². The third-order valence-corrected chi connectivity index (χ3v) is 7.21. The Bertz CT molecular complexity index is 1180. The van der Waals surface area contributed by atoms with Gasteiger partial charge >= 0.3 is 0 Å². The minimum absolute atomic E-state index is 0.0949. The number of benzene rings is 4. The molecule has 34 heavy (non-hydrogen) atoms. The average Bonchev–Trinajstić information content (AvgIpc) is 2.88. The van der Waals surface area contributed by atoms with Crippen molar-refractivity contribution in [1.29, 1.82) is 0 Å². The summed E-state index contributed by atoms with van der Waals surface area (Å²) in [6.07, 6.45) is 0.527. The van der Waals surface area contributed by atoms with Crippen LogP contribution in [0, 0.1) is 6.92 Å². The van der Waals surface area contributed by atoms with E-state index in [0.717, 1.165) is 22.3 Å². The molecule has 0 atom stereocenters. The fourth-order valence-electron chi connectivity index (χ4n) is 4.16. The summed E-state index contributed by atoms with van der Waals surface area (Å²) in [5.74, 6) is 0. The smallest absolute Gasteiger partial charge is 0.296 e. The Kier molecular flexibility index (Phi) is 7.58. The van der Waals surface area contributed by atoms with Crippen LogP contribution in [0.3, 0.4) is 0 Å². The van der Waals surface area contributed by atoms with Crippen molar-refractivity contribution in [2.45, 2.75) is 23.8 Å². The molecule has 174 valence electrons. The topological polar surface area (TPSA) is 55.4 Å². The van der Waals surface area contributed by atoms with Gasteiger partial charge in [-0.25, -0.2) is 0 Å². The molecule has 0 amide bonds. The zero-order valence-corrected chi connectivity index (χ0v) is 20.0. The Hall–Kier alpha value is -3.25. The van der Waals surface area contributed by atoms with E-state index in [-0.39, 0.29) is 11.5 Å². The molecule has 4 nitrogen and oxygen atoms in total. The van der Waals surface area contributed by atoms with E-state index in [1.807, 2.05) is 61.5 Å². The van der Waals surface area contributed by atoms with Crippen molar-refractivity contribution in [3.8, 4) is 0 Å². The number of nitrogens with one attached hydrogen (secondary N) is 1. The molecule has 0 spiro atoms. The first kappa shape index (κ1) is 23.9. The molecule has 0 bridgehead atoms. The second-order valence-electron chi connectivity index (χ2n) is 8.22. The SMILES string of the molecule is Cc1ccc(S(=O)(=O)OCCCNC(c2ccccc2)(c2ccccc2)c2ccccc2)cc1. The molecule has 0 aliphatic heterocycles. The fourth-order valence-corrected chi connectivity index (χ4v) is 5.10. The van der Waals surface area contributed by atoms with Crippen LogP contribution in [0.2, 0.25) is 0 Å². The highest BCUT2D eigenvalue weighted by atomic mass is 32.2. The van der Waals surface area contributed by atoms with E-state index >= 15 is 0 Å². The van der Waals surface area contributed by atoms with Gasteiger partial charge in [-0.3, -0.25) is 9.50 Å². The standard InChI is InChI=1S/C29H29NO3S/c1-24-18-20-28(21-19-24)34(31,32)33-23-11-22-30-29(25-12-5-2-6-13-25,26-14-7-3-8-15-26)27-16-9-4-10-17-27/h2-10,12-21,30H,11,22-23H2,1H3. The maximum atomic E-state index is 12.5. The third-order valence-electron chi connectivity index (χ3n) is 5.88. The molecule has 0 aromatic heterocycles. The summed E-state index contributed by atoms with van der Waals surface area (Å²) < 4.78 is 30.4. The van der Waals surface area contributed by atoms with E-state index in [9.17, 15) is 8.42 Å². The highest BCUT2D eigenvalue weighted by Gasteiger charge is 2.35. The first-order valence-corrected chi connectivity index (χ1v) is 12.8. The summed E-state index contributed by atoms with van der Waals surface area (Å²) in [5.41, 5.74) is 3.75. The van der Waals surface area contributed by atoms with E-state index in [0.29, 0.717) is 13.0 Å². The van der Waals surface area contributed by atoms with Crippen molar-refractivity contribution in [2.75, 3.05) is 13.2 Å². The van der Waals surface area contributed by atoms with Gasteiger partial charge in [0.05, 0.1) is 17.0 Å². The Morgan fingerprint density at radius 2 is 1.12 bits per heavy atom. The molecule has 5 heteroatoms. The average molecular weight is 472 g/mol. The number of aryl methyl sites for hydroxylation is 1. The second-order valence-corrected chi connectivity index (χ2v) is 9.83. The zero-order chi connectivity index (χ0) is 23.9. The molecule has 1 N–H and O–H groups in total. The van der Waals surface area contributed by atoms with E-state index < -0.39 is 15.7 Å². The summed E-state index contributed by atoms with van der Waals surface area (Å²) >= 11 is 0. The van der Waals surface area contributed by atoms with Crippen LogP contribution >= 0.6 is 0 Å². The molecule has 0 saturated heterocycles. The van der Waals surface area contributed by atoms with Crippen LogP contribution in [0.4, 0.5) is 0 Å². The predicted molar refractivity (Wildman–Crippen MR) is 136 cm³/mol. The molecular formula is C29H29NO3S. The highest BCUT2D eigenvalue weighted by molar-refractivity contribution is 7.86. The summed E-state index contributed by atoms with van der Waals surface area (Å²) in [5, 5.41) is 3.74. The van der Waals surface area contributed by atoms with E-state index in [1.165, 1.54) is 0 Å². The molecule has 0 saturated carbocycles. The molecule has 0 aliphatic rings. The largest absolute Gasteiger partial charge is 0.300 e. The van der Waals surface area contributed by atoms with Gasteiger partial charge in [-0.1, -0.05) is 109 Å². The van der Waals surface area contributed by atoms with Gasteiger partial charge in [-0.15, -0.1) is 0 Å². The molecule has 0 unspecified atom stereocenters. The quantitative estimate of drug-likeness (QED) is 0.184. The van der Waals surface area contributed by atoms with Crippen molar-refractivity contribution < 1.29 is 12.6 Å². The zero-order valence-electron chi connectivity index (χ0n) is 19.2. The number of hydrogen-bond donors (Lipinski definition) is 1. The lowest BCUT2D eigenvalue weighted by atomic mass is 9.77. The van der Waals surface area contributed by atoms with Crippen LogP contribution in [0.1, 0.15) is 28.7 Å². The minimum Gasteiger partial charge on any atom is -0.300 e. The summed E-state index contributed by atoms with van der Waals surface area (Å²) in [4.78, 5) is 0.179. The summed E-state index contributed by atoms with van der Waals surface area (Å²) in [6.45, 7) is 2.57. The van der Waals surface area contributed by atoms with Crippen molar-refractivity contribution in [3.63, 3.8) is 0 Å².